The number of aliphatic hydroxyl groups is 1. The van der Waals surface area contributed by atoms with E-state index in [0.717, 1.165) is 0 Å². The van der Waals surface area contributed by atoms with Crippen LogP contribution in [0.2, 0.25) is 0 Å². The average Bonchev–Trinajstić information content (AvgIpc) is 2.77. The molecule has 0 aliphatic rings. The van der Waals surface area contributed by atoms with Crippen LogP contribution in [0.4, 0.5) is 5.82 Å². The predicted octanol–water partition coefficient (Wildman–Crippen LogP) is -1.68. The summed E-state index contributed by atoms with van der Waals surface area (Å²) in [5, 5.41) is 29.5. The number of hydrogen-bond donors (Lipinski definition) is 4. The van der Waals surface area contributed by atoms with Crippen LogP contribution in [-0.4, -0.2) is 55.7 Å². The summed E-state index contributed by atoms with van der Waals surface area (Å²) >= 11 is -1.10. The van der Waals surface area contributed by atoms with Crippen molar-refractivity contribution in [2.45, 2.75) is 0 Å². The molecule has 1 aromatic heterocycles. The molecule has 0 amide bonds. The maximum atomic E-state index is 11.2. The van der Waals surface area contributed by atoms with Gasteiger partial charge in [0.25, 0.3) is 0 Å². The van der Waals surface area contributed by atoms with Gasteiger partial charge in [0.15, 0.2) is 11.5 Å². The van der Waals surface area contributed by atoms with Gasteiger partial charge in [0, 0.05) is 0 Å². The molecule has 0 aromatic carbocycles. The summed E-state index contributed by atoms with van der Waals surface area (Å²) in [5.41, 5.74) is 5.41. The standard InChI is InChI=1S/C7H13N5O4S/c8-6(10-14)5-7(12-16-11-5)9-1-3-17(15)4-2-13/h13-14H,1-4H2,(H2,8,10)(H,9,12). The molecule has 1 unspecified atom stereocenters. The van der Waals surface area contributed by atoms with Gasteiger partial charge in [0.05, 0.1) is 13.2 Å². The molecule has 96 valence electrons. The Kier molecular flexibility index (Phi) is 5.52. The quantitative estimate of drug-likeness (QED) is 0.149. The van der Waals surface area contributed by atoms with E-state index in [1.807, 2.05) is 0 Å². The summed E-state index contributed by atoms with van der Waals surface area (Å²) in [6.07, 6.45) is 0. The molecular formula is C7H13N5O4S. The number of nitrogens with one attached hydrogen (secondary N) is 1. The zero-order chi connectivity index (χ0) is 12.7. The minimum absolute atomic E-state index is 0.0837. The highest BCUT2D eigenvalue weighted by Gasteiger charge is 2.14. The zero-order valence-corrected chi connectivity index (χ0v) is 9.68. The fourth-order valence-corrected chi connectivity index (χ4v) is 1.74. The number of nitrogens with zero attached hydrogens (tertiary/aromatic N) is 3. The molecule has 5 N–H and O–H groups in total. The lowest BCUT2D eigenvalue weighted by atomic mass is 10.4. The summed E-state index contributed by atoms with van der Waals surface area (Å²) < 4.78 is 15.6. The van der Waals surface area contributed by atoms with Crippen LogP contribution in [0.3, 0.4) is 0 Å². The van der Waals surface area contributed by atoms with Crippen molar-refractivity contribution in [2.75, 3.05) is 30.0 Å². The molecule has 10 heteroatoms. The van der Waals surface area contributed by atoms with E-state index in [1.54, 1.807) is 0 Å². The lowest BCUT2D eigenvalue weighted by molar-refractivity contribution is 0.304. The number of aliphatic hydroxyl groups excluding tert-OH is 1. The third-order valence-electron chi connectivity index (χ3n) is 1.78. The van der Waals surface area contributed by atoms with Gasteiger partial charge < -0.3 is 25.9 Å². The van der Waals surface area contributed by atoms with Crippen molar-refractivity contribution < 1.29 is 19.5 Å². The lowest BCUT2D eigenvalue weighted by Crippen LogP contribution is -2.22. The molecule has 17 heavy (non-hydrogen) atoms. The molecule has 1 aromatic rings. The Morgan fingerprint density at radius 3 is 2.94 bits per heavy atom. The predicted molar refractivity (Wildman–Crippen MR) is 60.3 cm³/mol. The third kappa shape index (κ3) is 4.09. The fourth-order valence-electron chi connectivity index (χ4n) is 1.01. The van der Waals surface area contributed by atoms with Crippen molar-refractivity contribution in [1.82, 2.24) is 10.3 Å². The number of nitrogens with two attached hydrogens (primary N) is 1. The summed E-state index contributed by atoms with van der Waals surface area (Å²) in [6.45, 7) is 0.222. The van der Waals surface area contributed by atoms with Gasteiger partial charge in [-0.25, -0.2) is 4.63 Å². The van der Waals surface area contributed by atoms with Crippen molar-refractivity contribution in [3.05, 3.63) is 5.69 Å². The lowest BCUT2D eigenvalue weighted by Gasteiger charge is -2.09. The van der Waals surface area contributed by atoms with Gasteiger partial charge in [0.2, 0.25) is 5.82 Å². The zero-order valence-electron chi connectivity index (χ0n) is 8.87. The molecule has 1 atom stereocenters. The van der Waals surface area contributed by atoms with Gasteiger partial charge >= 0.3 is 0 Å². The number of anilines is 1. The van der Waals surface area contributed by atoms with E-state index in [1.165, 1.54) is 0 Å². The number of amidine groups is 1. The van der Waals surface area contributed by atoms with Gasteiger partial charge in [0.1, 0.15) is 11.5 Å². The first kappa shape index (κ1) is 13.5. The van der Waals surface area contributed by atoms with E-state index in [4.69, 9.17) is 16.0 Å². The summed E-state index contributed by atoms with van der Waals surface area (Å²) in [4.78, 5) is 0. The molecule has 0 saturated carbocycles. The molecule has 0 spiro atoms. The van der Waals surface area contributed by atoms with Gasteiger partial charge in [-0.1, -0.05) is 5.16 Å². The van der Waals surface area contributed by atoms with Crippen LogP contribution in [0.15, 0.2) is 9.78 Å². The van der Waals surface area contributed by atoms with Crippen molar-refractivity contribution in [3.63, 3.8) is 0 Å². The maximum absolute atomic E-state index is 11.2. The van der Waals surface area contributed by atoms with Gasteiger partial charge in [-0.05, 0) is 21.5 Å². The van der Waals surface area contributed by atoms with Gasteiger partial charge in [-0.3, -0.25) is 0 Å². The minimum Gasteiger partial charge on any atom is -0.616 e. The highest BCUT2D eigenvalue weighted by Crippen LogP contribution is 2.08. The Bertz CT molecular complexity index is 371. The number of hydrogen-bond acceptors (Lipinski definition) is 8. The van der Waals surface area contributed by atoms with E-state index in [-0.39, 0.29) is 29.7 Å². The molecule has 0 radical (unpaired) electrons. The van der Waals surface area contributed by atoms with E-state index < -0.39 is 11.2 Å². The second kappa shape index (κ2) is 6.93. The Morgan fingerprint density at radius 1 is 1.53 bits per heavy atom. The van der Waals surface area contributed by atoms with Crippen LogP contribution < -0.4 is 11.1 Å². The average molecular weight is 263 g/mol. The van der Waals surface area contributed by atoms with Crippen LogP contribution in [0, 0.1) is 0 Å². The number of aromatic nitrogens is 2. The summed E-state index contributed by atoms with van der Waals surface area (Å²) in [5.74, 6) is 0.543. The first-order chi connectivity index (χ1) is 8.19. The van der Waals surface area contributed by atoms with Crippen molar-refractivity contribution in [3.8, 4) is 0 Å². The highest BCUT2D eigenvalue weighted by molar-refractivity contribution is 7.91. The van der Waals surface area contributed by atoms with Crippen molar-refractivity contribution >= 4 is 22.8 Å². The Morgan fingerprint density at radius 2 is 2.29 bits per heavy atom. The normalized spacial score (nSPS) is 13.6. The second-order valence-electron chi connectivity index (χ2n) is 2.95. The SMILES string of the molecule is N/C(=N\O)c1nonc1NCC[S+]([O-])CCO. The molecule has 0 bridgehead atoms. The third-order valence-corrected chi connectivity index (χ3v) is 3.08. The smallest absolute Gasteiger partial charge is 0.202 e. The molecule has 1 heterocycles. The van der Waals surface area contributed by atoms with Crippen LogP contribution >= 0.6 is 0 Å². The largest absolute Gasteiger partial charge is 0.616 e. The number of oxime groups is 1. The topological polar surface area (TPSA) is 153 Å². The van der Waals surface area contributed by atoms with Crippen LogP contribution in [0.5, 0.6) is 0 Å². The highest BCUT2D eigenvalue weighted by atomic mass is 32.2. The maximum Gasteiger partial charge on any atom is 0.202 e. The molecule has 0 fully saturated rings. The minimum atomic E-state index is -1.10. The molecule has 0 saturated heterocycles. The van der Waals surface area contributed by atoms with Crippen molar-refractivity contribution in [2.24, 2.45) is 10.9 Å². The first-order valence-electron chi connectivity index (χ1n) is 4.69. The fraction of sp³-hybridized carbons (Fsp3) is 0.571. The Hall–Kier alpha value is -1.52. The Balaban J connectivity index is 2.44. The second-order valence-corrected chi connectivity index (χ2v) is 4.64. The Labute approximate surface area is 99.8 Å². The molecule has 0 aliphatic heterocycles. The number of rotatable bonds is 7. The summed E-state index contributed by atoms with van der Waals surface area (Å²) in [6, 6.07) is 0. The van der Waals surface area contributed by atoms with Gasteiger partial charge in [-0.2, -0.15) is 0 Å². The molecular weight excluding hydrogens is 250 g/mol. The van der Waals surface area contributed by atoms with Crippen molar-refractivity contribution in [1.29, 1.82) is 0 Å². The van der Waals surface area contributed by atoms with E-state index in [0.29, 0.717) is 12.3 Å². The van der Waals surface area contributed by atoms with Crippen LogP contribution in [0.1, 0.15) is 5.69 Å². The van der Waals surface area contributed by atoms with E-state index in [2.05, 4.69) is 25.4 Å². The van der Waals surface area contributed by atoms with E-state index in [9.17, 15) is 4.55 Å². The molecule has 1 rings (SSSR count). The van der Waals surface area contributed by atoms with E-state index >= 15 is 0 Å². The first-order valence-corrected chi connectivity index (χ1v) is 6.18. The molecule has 9 nitrogen and oxygen atoms in total. The van der Waals surface area contributed by atoms with Gasteiger partial charge in [-0.15, -0.1) is 0 Å². The monoisotopic (exact) mass is 263 g/mol. The van der Waals surface area contributed by atoms with Crippen LogP contribution in [-0.2, 0) is 11.2 Å². The van der Waals surface area contributed by atoms with Crippen LogP contribution in [0.25, 0.3) is 0 Å². The summed E-state index contributed by atoms with van der Waals surface area (Å²) in [7, 11) is 0. The molecule has 0 aliphatic carbocycles.